The summed E-state index contributed by atoms with van der Waals surface area (Å²) < 4.78 is 18.2. The molecular weight excluding hydrogens is 564 g/mol. The molecule has 4 nitrogen and oxygen atoms in total. The van der Waals surface area contributed by atoms with E-state index in [4.69, 9.17) is 8.83 Å². The van der Waals surface area contributed by atoms with Crippen molar-refractivity contribution < 1.29 is 8.83 Å². The molecule has 7 aromatic carbocycles. The number of nitrogens with zero attached hydrogens (tertiary/aromatic N) is 2. The van der Waals surface area contributed by atoms with E-state index in [1.807, 2.05) is 0 Å². The highest BCUT2D eigenvalue weighted by Crippen LogP contribution is 2.50. The summed E-state index contributed by atoms with van der Waals surface area (Å²) in [5, 5.41) is 14.5. The fourth-order valence-electron chi connectivity index (χ4n) is 8.99. The average molecular weight is 585 g/mol. The van der Waals surface area contributed by atoms with E-state index in [1.165, 1.54) is 81.6 Å². The average Bonchev–Trinajstić information content (AvgIpc) is 3.92. The highest BCUT2D eigenvalue weighted by atomic mass is 16.3. The van der Waals surface area contributed by atoms with E-state index >= 15 is 0 Å². The Morgan fingerprint density at radius 2 is 0.870 bits per heavy atom. The first-order valence-electron chi connectivity index (χ1n) is 15.8. The molecule has 13 aromatic rings. The standard InChI is InChI=1S/C42H20N2O2/c1-5-13-30-21(9-1)25-17-27-23-11-3-7-15-34(23)46-42(27)39-29-19-32-28(18-33(29)44(30)41(25)39)38-37-24-12-4-8-16-35(24)45-36(37)20-26-22-10-2-6-14-31(22)43(32)40(26)38/h1-20H. The van der Waals surface area contributed by atoms with Gasteiger partial charge in [0, 0.05) is 59.2 Å². The van der Waals surface area contributed by atoms with Crippen molar-refractivity contribution in [2.75, 3.05) is 0 Å². The topological polar surface area (TPSA) is 35.1 Å². The molecule has 0 aliphatic carbocycles. The minimum Gasteiger partial charge on any atom is -0.456 e. The molecule has 0 aliphatic rings. The van der Waals surface area contributed by atoms with Crippen LogP contribution in [-0.2, 0) is 0 Å². The Bertz CT molecular complexity index is 3480. The van der Waals surface area contributed by atoms with Gasteiger partial charge in [-0.05, 0) is 48.5 Å². The molecule has 0 N–H and O–H groups in total. The molecule has 0 fully saturated rings. The van der Waals surface area contributed by atoms with Crippen LogP contribution in [0.15, 0.2) is 130 Å². The van der Waals surface area contributed by atoms with E-state index in [2.05, 4.69) is 130 Å². The molecule has 6 heterocycles. The summed E-state index contributed by atoms with van der Waals surface area (Å²) in [5.41, 5.74) is 11.0. The molecule has 4 heteroatoms. The Morgan fingerprint density at radius 3 is 1.59 bits per heavy atom. The van der Waals surface area contributed by atoms with E-state index in [0.29, 0.717) is 0 Å². The van der Waals surface area contributed by atoms with Crippen LogP contribution in [0, 0.1) is 0 Å². The van der Waals surface area contributed by atoms with Crippen LogP contribution < -0.4 is 0 Å². The van der Waals surface area contributed by atoms with E-state index < -0.39 is 0 Å². The van der Waals surface area contributed by atoms with Gasteiger partial charge in [-0.1, -0.05) is 72.8 Å². The number of furan rings is 2. The van der Waals surface area contributed by atoms with Gasteiger partial charge in [-0.3, -0.25) is 0 Å². The number of aromatic nitrogens is 2. The van der Waals surface area contributed by atoms with Crippen LogP contribution in [0.25, 0.3) is 120 Å². The van der Waals surface area contributed by atoms with Crippen LogP contribution in [0.5, 0.6) is 0 Å². The van der Waals surface area contributed by atoms with Crippen LogP contribution in [-0.4, -0.2) is 8.80 Å². The molecule has 46 heavy (non-hydrogen) atoms. The fraction of sp³-hybridized carbons (Fsp3) is 0. The van der Waals surface area contributed by atoms with Crippen molar-refractivity contribution in [2.24, 2.45) is 0 Å². The van der Waals surface area contributed by atoms with Gasteiger partial charge in [0.2, 0.25) is 0 Å². The van der Waals surface area contributed by atoms with Crippen LogP contribution in [0.3, 0.4) is 0 Å². The normalized spacial score (nSPS) is 13.2. The lowest BCUT2D eigenvalue weighted by Crippen LogP contribution is -1.82. The molecule has 6 aromatic heterocycles. The lowest BCUT2D eigenvalue weighted by molar-refractivity contribution is 0.669. The van der Waals surface area contributed by atoms with Gasteiger partial charge in [-0.25, -0.2) is 0 Å². The predicted octanol–water partition coefficient (Wildman–Crippen LogP) is 11.8. The molecular formula is C42H20N2O2. The van der Waals surface area contributed by atoms with E-state index in [1.54, 1.807) is 0 Å². The van der Waals surface area contributed by atoms with Crippen molar-refractivity contribution in [3.8, 4) is 0 Å². The van der Waals surface area contributed by atoms with Crippen molar-refractivity contribution >= 4 is 120 Å². The molecule has 0 atom stereocenters. The summed E-state index contributed by atoms with van der Waals surface area (Å²) in [6.07, 6.45) is 0. The lowest BCUT2D eigenvalue weighted by Gasteiger charge is -2.02. The molecule has 210 valence electrons. The van der Waals surface area contributed by atoms with Gasteiger partial charge >= 0.3 is 0 Å². The van der Waals surface area contributed by atoms with Gasteiger partial charge in [0.05, 0.1) is 38.5 Å². The third-order valence-electron chi connectivity index (χ3n) is 10.7. The number of hydrogen-bond acceptors (Lipinski definition) is 2. The number of rotatable bonds is 0. The van der Waals surface area contributed by atoms with Crippen LogP contribution in [0.1, 0.15) is 0 Å². The number of hydrogen-bond donors (Lipinski definition) is 0. The third-order valence-corrected chi connectivity index (χ3v) is 10.7. The van der Waals surface area contributed by atoms with Gasteiger partial charge in [0.15, 0.2) is 0 Å². The molecule has 0 saturated heterocycles. The van der Waals surface area contributed by atoms with E-state index in [9.17, 15) is 0 Å². The van der Waals surface area contributed by atoms with Gasteiger partial charge in [0.1, 0.15) is 22.3 Å². The van der Waals surface area contributed by atoms with Crippen LogP contribution >= 0.6 is 0 Å². The molecule has 13 rings (SSSR count). The van der Waals surface area contributed by atoms with Crippen molar-refractivity contribution in [3.63, 3.8) is 0 Å². The second-order valence-corrected chi connectivity index (χ2v) is 12.8. The first kappa shape index (κ1) is 22.3. The van der Waals surface area contributed by atoms with Crippen molar-refractivity contribution in [3.05, 3.63) is 121 Å². The van der Waals surface area contributed by atoms with Crippen molar-refractivity contribution in [2.45, 2.75) is 0 Å². The summed E-state index contributed by atoms with van der Waals surface area (Å²) >= 11 is 0. The zero-order valence-corrected chi connectivity index (χ0v) is 24.3. The summed E-state index contributed by atoms with van der Waals surface area (Å²) in [6, 6.07) is 43.9. The second-order valence-electron chi connectivity index (χ2n) is 12.8. The largest absolute Gasteiger partial charge is 0.456 e. The fourth-order valence-corrected chi connectivity index (χ4v) is 8.99. The zero-order valence-electron chi connectivity index (χ0n) is 24.3. The summed E-state index contributed by atoms with van der Waals surface area (Å²) in [7, 11) is 0. The van der Waals surface area contributed by atoms with E-state index in [0.717, 1.165) is 38.5 Å². The first-order valence-corrected chi connectivity index (χ1v) is 15.8. The molecule has 0 amide bonds. The molecule has 0 bridgehead atoms. The zero-order chi connectivity index (χ0) is 29.4. The monoisotopic (exact) mass is 584 g/mol. The quantitative estimate of drug-likeness (QED) is 0.178. The highest BCUT2D eigenvalue weighted by molar-refractivity contribution is 6.38. The number of benzene rings is 7. The minimum atomic E-state index is 0.921. The number of para-hydroxylation sites is 4. The Balaban J connectivity index is 1.38. The summed E-state index contributed by atoms with van der Waals surface area (Å²) in [4.78, 5) is 0. The Labute approximate surface area is 258 Å². The lowest BCUT2D eigenvalue weighted by atomic mass is 10.0. The first-order chi connectivity index (χ1) is 22.8. The third kappa shape index (κ3) is 2.27. The summed E-state index contributed by atoms with van der Waals surface area (Å²) in [6.45, 7) is 0. The Hall–Kier alpha value is -6.26. The highest BCUT2D eigenvalue weighted by Gasteiger charge is 2.27. The predicted molar refractivity (Wildman–Crippen MR) is 190 cm³/mol. The summed E-state index contributed by atoms with van der Waals surface area (Å²) in [5.74, 6) is 0. The van der Waals surface area contributed by atoms with Gasteiger partial charge < -0.3 is 17.6 Å². The van der Waals surface area contributed by atoms with Crippen LogP contribution in [0.2, 0.25) is 0 Å². The van der Waals surface area contributed by atoms with E-state index in [-0.39, 0.29) is 0 Å². The molecule has 0 saturated carbocycles. The Kier molecular flexibility index (Phi) is 3.47. The van der Waals surface area contributed by atoms with Gasteiger partial charge in [-0.2, -0.15) is 0 Å². The minimum absolute atomic E-state index is 0.921. The van der Waals surface area contributed by atoms with Crippen molar-refractivity contribution in [1.82, 2.24) is 8.80 Å². The van der Waals surface area contributed by atoms with Gasteiger partial charge in [0.25, 0.3) is 0 Å². The molecule has 0 spiro atoms. The Morgan fingerprint density at radius 1 is 0.326 bits per heavy atom. The van der Waals surface area contributed by atoms with Crippen LogP contribution in [0.4, 0.5) is 0 Å². The maximum atomic E-state index is 6.73. The van der Waals surface area contributed by atoms with Gasteiger partial charge in [-0.15, -0.1) is 0 Å². The molecule has 0 radical (unpaired) electrons. The molecule has 0 unspecified atom stereocenters. The van der Waals surface area contributed by atoms with Crippen molar-refractivity contribution in [1.29, 1.82) is 0 Å². The second kappa shape index (κ2) is 7.17. The molecule has 0 aliphatic heterocycles. The smallest absolute Gasteiger partial charge is 0.145 e. The SMILES string of the molecule is c1ccc2c(c1)oc1c2cc2c3ccccc3n3c4cc5c6c7c(cc8c9ccccc9n(c5cc4c1c23)c86)oc1ccccc17. The number of fused-ring (bicyclic) bond motifs is 20. The maximum absolute atomic E-state index is 6.73. The maximum Gasteiger partial charge on any atom is 0.145 e.